The topological polar surface area (TPSA) is 15.3 Å². The minimum Gasteiger partial charge on any atom is -0.316 e. The van der Waals surface area contributed by atoms with Crippen LogP contribution in [-0.2, 0) is 0 Å². The summed E-state index contributed by atoms with van der Waals surface area (Å²) >= 11 is 0. The van der Waals surface area contributed by atoms with Crippen LogP contribution >= 0.6 is 0 Å². The van der Waals surface area contributed by atoms with E-state index in [0.717, 1.165) is 11.8 Å². The Morgan fingerprint density at radius 1 is 1.00 bits per heavy atom. The molecule has 0 aromatic rings. The highest BCUT2D eigenvalue weighted by molar-refractivity contribution is 4.77. The number of nitrogens with one attached hydrogen (secondary N) is 1. The van der Waals surface area contributed by atoms with E-state index in [9.17, 15) is 0 Å². The first-order valence-corrected chi connectivity index (χ1v) is 8.31. The number of hydrogen-bond donors (Lipinski definition) is 1. The lowest BCUT2D eigenvalue weighted by Gasteiger charge is -2.36. The smallest absolute Gasteiger partial charge is 0.00219 e. The fraction of sp³-hybridized carbons (Fsp3) is 1.00. The predicted molar refractivity (Wildman–Crippen MR) is 78.9 cm³/mol. The quantitative estimate of drug-likeness (QED) is 0.730. The Morgan fingerprint density at radius 2 is 1.78 bits per heavy atom. The highest BCUT2D eigenvalue weighted by Crippen LogP contribution is 2.26. The molecule has 0 aromatic heterocycles. The van der Waals surface area contributed by atoms with E-state index in [1.807, 2.05) is 0 Å². The minimum absolute atomic E-state index is 0.911. The van der Waals surface area contributed by atoms with Crippen molar-refractivity contribution in [3.05, 3.63) is 0 Å². The van der Waals surface area contributed by atoms with Crippen LogP contribution in [0.15, 0.2) is 0 Å². The van der Waals surface area contributed by atoms with E-state index in [-0.39, 0.29) is 0 Å². The Labute approximate surface area is 114 Å². The van der Waals surface area contributed by atoms with Crippen LogP contribution in [0, 0.1) is 11.8 Å². The van der Waals surface area contributed by atoms with E-state index in [1.54, 1.807) is 0 Å². The molecule has 1 N–H and O–H groups in total. The molecule has 0 aromatic carbocycles. The summed E-state index contributed by atoms with van der Waals surface area (Å²) in [6, 6.07) is 0. The summed E-state index contributed by atoms with van der Waals surface area (Å²) in [7, 11) is 0. The van der Waals surface area contributed by atoms with Crippen molar-refractivity contribution in [3.8, 4) is 0 Å². The number of nitrogens with zero attached hydrogens (tertiary/aromatic N) is 1. The molecule has 1 atom stereocenters. The Balaban J connectivity index is 1.65. The maximum Gasteiger partial charge on any atom is 0.00219 e. The van der Waals surface area contributed by atoms with Crippen molar-refractivity contribution in [2.75, 3.05) is 32.7 Å². The average molecular weight is 252 g/mol. The van der Waals surface area contributed by atoms with Gasteiger partial charge in [0.2, 0.25) is 0 Å². The van der Waals surface area contributed by atoms with Crippen LogP contribution < -0.4 is 5.32 Å². The van der Waals surface area contributed by atoms with Crippen LogP contribution in [0.2, 0.25) is 0 Å². The first kappa shape index (κ1) is 14.3. The van der Waals surface area contributed by atoms with Crippen molar-refractivity contribution in [1.29, 1.82) is 0 Å². The summed E-state index contributed by atoms with van der Waals surface area (Å²) in [5.41, 5.74) is 0. The van der Waals surface area contributed by atoms with Gasteiger partial charge in [-0.3, -0.25) is 0 Å². The Kier molecular flexibility index (Phi) is 6.50. The molecule has 1 saturated carbocycles. The molecule has 0 radical (unpaired) electrons. The largest absolute Gasteiger partial charge is 0.316 e. The molecule has 106 valence electrons. The second-order valence-corrected chi connectivity index (χ2v) is 6.48. The first-order chi connectivity index (χ1) is 8.88. The SMILES string of the molecule is CCCNCC1CCCN(CC2CCCCC2)C1. The van der Waals surface area contributed by atoms with Gasteiger partial charge in [0.15, 0.2) is 0 Å². The molecule has 1 heterocycles. The Bertz CT molecular complexity index is 211. The second-order valence-electron chi connectivity index (χ2n) is 6.48. The molecule has 0 spiro atoms. The zero-order valence-electron chi connectivity index (χ0n) is 12.3. The molecule has 2 heteroatoms. The molecule has 1 aliphatic carbocycles. The van der Waals surface area contributed by atoms with Gasteiger partial charge >= 0.3 is 0 Å². The highest BCUT2D eigenvalue weighted by Gasteiger charge is 2.22. The van der Waals surface area contributed by atoms with E-state index >= 15 is 0 Å². The summed E-state index contributed by atoms with van der Waals surface area (Å²) in [5.74, 6) is 1.93. The number of rotatable bonds is 6. The van der Waals surface area contributed by atoms with Gasteiger partial charge in [-0.2, -0.15) is 0 Å². The van der Waals surface area contributed by atoms with Gasteiger partial charge in [0.25, 0.3) is 0 Å². The lowest BCUT2D eigenvalue weighted by Crippen LogP contribution is -2.42. The fourth-order valence-electron chi connectivity index (χ4n) is 3.70. The Hall–Kier alpha value is -0.0800. The zero-order valence-corrected chi connectivity index (χ0v) is 12.3. The van der Waals surface area contributed by atoms with Gasteiger partial charge in [-0.25, -0.2) is 0 Å². The zero-order chi connectivity index (χ0) is 12.6. The van der Waals surface area contributed by atoms with Gasteiger partial charge in [0, 0.05) is 13.1 Å². The van der Waals surface area contributed by atoms with E-state index in [4.69, 9.17) is 0 Å². The summed E-state index contributed by atoms with van der Waals surface area (Å²) in [4.78, 5) is 2.76. The van der Waals surface area contributed by atoms with Gasteiger partial charge in [-0.1, -0.05) is 26.2 Å². The molecule has 1 aliphatic heterocycles. The summed E-state index contributed by atoms with van der Waals surface area (Å²) in [5, 5.41) is 3.60. The average Bonchev–Trinajstić information content (AvgIpc) is 2.41. The monoisotopic (exact) mass is 252 g/mol. The first-order valence-electron chi connectivity index (χ1n) is 8.31. The summed E-state index contributed by atoms with van der Waals surface area (Å²) in [6.45, 7) is 8.80. The molecule has 0 amide bonds. The molecule has 2 nitrogen and oxygen atoms in total. The van der Waals surface area contributed by atoms with Crippen LogP contribution in [0.3, 0.4) is 0 Å². The normalized spacial score (nSPS) is 27.5. The fourth-order valence-corrected chi connectivity index (χ4v) is 3.70. The van der Waals surface area contributed by atoms with Gasteiger partial charge in [-0.05, 0) is 63.6 Å². The van der Waals surface area contributed by atoms with Gasteiger partial charge in [0.1, 0.15) is 0 Å². The third kappa shape index (κ3) is 4.89. The lowest BCUT2D eigenvalue weighted by atomic mass is 9.88. The molecule has 1 unspecified atom stereocenters. The van der Waals surface area contributed by atoms with E-state index in [0.29, 0.717) is 0 Å². The maximum atomic E-state index is 3.60. The van der Waals surface area contributed by atoms with E-state index < -0.39 is 0 Å². The third-order valence-electron chi connectivity index (χ3n) is 4.70. The number of piperidine rings is 1. The van der Waals surface area contributed by atoms with Gasteiger partial charge < -0.3 is 10.2 Å². The van der Waals surface area contributed by atoms with Gasteiger partial charge in [0.05, 0.1) is 0 Å². The predicted octanol–water partition coefficient (Wildman–Crippen LogP) is 3.28. The third-order valence-corrected chi connectivity index (χ3v) is 4.70. The van der Waals surface area contributed by atoms with Crippen LogP contribution in [0.5, 0.6) is 0 Å². The minimum atomic E-state index is 0.911. The van der Waals surface area contributed by atoms with E-state index in [1.165, 1.54) is 84.1 Å². The lowest BCUT2D eigenvalue weighted by molar-refractivity contribution is 0.136. The highest BCUT2D eigenvalue weighted by atomic mass is 15.1. The molecule has 1 saturated heterocycles. The van der Waals surface area contributed by atoms with Crippen LogP contribution in [0.25, 0.3) is 0 Å². The molecule has 2 aliphatic rings. The van der Waals surface area contributed by atoms with Gasteiger partial charge in [-0.15, -0.1) is 0 Å². The molecule has 18 heavy (non-hydrogen) atoms. The van der Waals surface area contributed by atoms with Crippen LogP contribution in [0.1, 0.15) is 58.3 Å². The maximum absolute atomic E-state index is 3.60. The molecular formula is C16H32N2. The number of likely N-dealkylation sites (tertiary alicyclic amines) is 1. The van der Waals surface area contributed by atoms with Crippen LogP contribution in [0.4, 0.5) is 0 Å². The summed E-state index contributed by atoms with van der Waals surface area (Å²) < 4.78 is 0. The standard InChI is InChI=1S/C16H32N2/c1-2-10-17-12-16-9-6-11-18(14-16)13-15-7-4-3-5-8-15/h15-17H,2-14H2,1H3. The Morgan fingerprint density at radius 3 is 2.56 bits per heavy atom. The van der Waals surface area contributed by atoms with Crippen molar-refractivity contribution in [3.63, 3.8) is 0 Å². The van der Waals surface area contributed by atoms with Crippen molar-refractivity contribution in [2.24, 2.45) is 11.8 Å². The molecule has 2 rings (SSSR count). The van der Waals surface area contributed by atoms with Crippen molar-refractivity contribution in [1.82, 2.24) is 10.2 Å². The summed E-state index contributed by atoms with van der Waals surface area (Å²) in [6.07, 6.45) is 11.6. The van der Waals surface area contributed by atoms with Crippen LogP contribution in [-0.4, -0.2) is 37.6 Å². The van der Waals surface area contributed by atoms with E-state index in [2.05, 4.69) is 17.1 Å². The van der Waals surface area contributed by atoms with Crippen molar-refractivity contribution < 1.29 is 0 Å². The molecular weight excluding hydrogens is 220 g/mol. The van der Waals surface area contributed by atoms with Crippen molar-refractivity contribution in [2.45, 2.75) is 58.3 Å². The molecule has 2 fully saturated rings. The molecule has 0 bridgehead atoms. The van der Waals surface area contributed by atoms with Crippen molar-refractivity contribution >= 4 is 0 Å². The number of hydrogen-bond acceptors (Lipinski definition) is 2. The second kappa shape index (κ2) is 8.16.